The topological polar surface area (TPSA) is 110 Å². The molecule has 4 N–H and O–H groups in total. The van der Waals surface area contributed by atoms with Crippen molar-refractivity contribution >= 4 is 11.4 Å². The molecule has 64 valence electrons. The number of hydrogen-bond acceptors (Lipinski definition) is 5. The summed E-state index contributed by atoms with van der Waals surface area (Å²) in [4.78, 5) is 9.37. The molecular formula is C6H6N2O4. The summed E-state index contributed by atoms with van der Waals surface area (Å²) in [6.07, 6.45) is 0. The number of phenols is 2. The first-order valence-electron chi connectivity index (χ1n) is 2.99. The van der Waals surface area contributed by atoms with Crippen LogP contribution in [-0.2, 0) is 0 Å². The van der Waals surface area contributed by atoms with Crippen LogP contribution < -0.4 is 5.73 Å². The van der Waals surface area contributed by atoms with Crippen molar-refractivity contribution in [2.45, 2.75) is 0 Å². The van der Waals surface area contributed by atoms with Gasteiger partial charge in [0.05, 0.1) is 10.6 Å². The van der Waals surface area contributed by atoms with Crippen LogP contribution in [0.3, 0.4) is 0 Å². The molecule has 6 heteroatoms. The van der Waals surface area contributed by atoms with E-state index in [-0.39, 0.29) is 5.69 Å². The minimum Gasteiger partial charge on any atom is -0.503 e. The van der Waals surface area contributed by atoms with Gasteiger partial charge in [0.1, 0.15) is 0 Å². The Morgan fingerprint density at radius 1 is 1.33 bits per heavy atom. The van der Waals surface area contributed by atoms with E-state index in [1.165, 1.54) is 0 Å². The summed E-state index contributed by atoms with van der Waals surface area (Å²) in [6, 6.07) is 2.16. The fraction of sp³-hybridized carbons (Fsp3) is 0. The van der Waals surface area contributed by atoms with Gasteiger partial charge in [-0.2, -0.15) is 0 Å². The molecule has 0 radical (unpaired) electrons. The van der Waals surface area contributed by atoms with Crippen molar-refractivity contribution in [1.82, 2.24) is 0 Å². The maximum Gasteiger partial charge on any atom is 0.314 e. The zero-order chi connectivity index (χ0) is 9.30. The third kappa shape index (κ3) is 1.09. The molecule has 12 heavy (non-hydrogen) atoms. The summed E-state index contributed by atoms with van der Waals surface area (Å²) in [6.45, 7) is 0. The number of rotatable bonds is 1. The minimum atomic E-state index is -0.811. The molecular weight excluding hydrogens is 164 g/mol. The Morgan fingerprint density at radius 2 is 1.92 bits per heavy atom. The lowest BCUT2D eigenvalue weighted by atomic mass is 10.2. The van der Waals surface area contributed by atoms with Crippen molar-refractivity contribution in [3.63, 3.8) is 0 Å². The second kappa shape index (κ2) is 2.57. The maximum absolute atomic E-state index is 10.2. The molecule has 0 fully saturated rings. The predicted molar refractivity (Wildman–Crippen MR) is 40.8 cm³/mol. The lowest BCUT2D eigenvalue weighted by molar-refractivity contribution is -0.385. The van der Waals surface area contributed by atoms with E-state index in [0.717, 1.165) is 12.1 Å². The van der Waals surface area contributed by atoms with Crippen LogP contribution in [0.2, 0.25) is 0 Å². The van der Waals surface area contributed by atoms with Crippen LogP contribution in [0, 0.1) is 10.1 Å². The molecule has 1 rings (SSSR count). The van der Waals surface area contributed by atoms with E-state index in [2.05, 4.69) is 0 Å². The number of anilines is 1. The fourth-order valence-corrected chi connectivity index (χ4v) is 0.732. The number of hydrogen-bond donors (Lipinski definition) is 3. The Balaban J connectivity index is 3.36. The van der Waals surface area contributed by atoms with E-state index >= 15 is 0 Å². The Morgan fingerprint density at radius 3 is 2.42 bits per heavy atom. The molecule has 1 aromatic rings. The van der Waals surface area contributed by atoms with Gasteiger partial charge >= 0.3 is 5.69 Å². The van der Waals surface area contributed by atoms with E-state index in [4.69, 9.17) is 15.9 Å². The summed E-state index contributed by atoms with van der Waals surface area (Å²) in [5, 5.41) is 28.1. The molecule has 1 aromatic carbocycles. The van der Waals surface area contributed by atoms with Gasteiger partial charge in [-0.05, 0) is 6.07 Å². The zero-order valence-electron chi connectivity index (χ0n) is 5.89. The number of nitro groups is 1. The number of nitrogens with two attached hydrogens (primary N) is 1. The number of aromatic hydroxyl groups is 2. The molecule has 6 nitrogen and oxygen atoms in total. The van der Waals surface area contributed by atoms with Crippen molar-refractivity contribution in [2.24, 2.45) is 0 Å². The SMILES string of the molecule is Nc1ccc([N+](=O)[O-])c(O)c1O. The number of nitrogens with zero attached hydrogens (tertiary/aromatic N) is 1. The van der Waals surface area contributed by atoms with Gasteiger partial charge in [-0.1, -0.05) is 0 Å². The molecule has 0 heterocycles. The van der Waals surface area contributed by atoms with Crippen LogP contribution >= 0.6 is 0 Å². The van der Waals surface area contributed by atoms with Crippen LogP contribution in [0.25, 0.3) is 0 Å². The molecule has 0 unspecified atom stereocenters. The molecule has 0 atom stereocenters. The second-order valence-corrected chi connectivity index (χ2v) is 2.13. The maximum atomic E-state index is 10.2. The second-order valence-electron chi connectivity index (χ2n) is 2.13. The Kier molecular flexibility index (Phi) is 1.74. The van der Waals surface area contributed by atoms with Crippen LogP contribution in [0.4, 0.5) is 11.4 Å². The lowest BCUT2D eigenvalue weighted by Gasteiger charge is -2.00. The van der Waals surface area contributed by atoms with Gasteiger partial charge < -0.3 is 15.9 Å². The first-order chi connectivity index (χ1) is 5.54. The average molecular weight is 170 g/mol. The van der Waals surface area contributed by atoms with E-state index in [1.807, 2.05) is 0 Å². The van der Waals surface area contributed by atoms with E-state index in [0.29, 0.717) is 0 Å². The van der Waals surface area contributed by atoms with Gasteiger partial charge in [0.15, 0.2) is 5.75 Å². The van der Waals surface area contributed by atoms with E-state index in [1.54, 1.807) is 0 Å². The van der Waals surface area contributed by atoms with Crippen molar-refractivity contribution in [3.05, 3.63) is 22.2 Å². The lowest BCUT2D eigenvalue weighted by Crippen LogP contribution is -1.91. The fourth-order valence-electron chi connectivity index (χ4n) is 0.732. The van der Waals surface area contributed by atoms with Crippen LogP contribution in [0.5, 0.6) is 11.5 Å². The Labute approximate surface area is 67.0 Å². The smallest absolute Gasteiger partial charge is 0.314 e. The van der Waals surface area contributed by atoms with E-state index in [9.17, 15) is 10.1 Å². The highest BCUT2D eigenvalue weighted by molar-refractivity contribution is 5.66. The number of phenolic OH excluding ortho intramolecular Hbond substituents is 2. The zero-order valence-corrected chi connectivity index (χ0v) is 5.89. The Hall–Kier alpha value is -1.98. The van der Waals surface area contributed by atoms with Crippen molar-refractivity contribution in [2.75, 3.05) is 5.73 Å². The molecule has 0 aliphatic rings. The van der Waals surface area contributed by atoms with Gasteiger partial charge in [-0.3, -0.25) is 10.1 Å². The molecule has 0 aromatic heterocycles. The van der Waals surface area contributed by atoms with E-state index < -0.39 is 22.1 Å². The third-order valence-corrected chi connectivity index (χ3v) is 1.36. The summed E-state index contributed by atoms with van der Waals surface area (Å²) in [7, 11) is 0. The van der Waals surface area contributed by atoms with Crippen molar-refractivity contribution in [1.29, 1.82) is 0 Å². The van der Waals surface area contributed by atoms with Crippen molar-refractivity contribution in [3.8, 4) is 11.5 Å². The number of benzene rings is 1. The van der Waals surface area contributed by atoms with Crippen LogP contribution in [0.1, 0.15) is 0 Å². The summed E-state index contributed by atoms with van der Waals surface area (Å²) in [5.74, 6) is -1.47. The highest BCUT2D eigenvalue weighted by Gasteiger charge is 2.18. The van der Waals surface area contributed by atoms with Gasteiger partial charge in [0, 0.05) is 6.07 Å². The molecule has 0 saturated carbocycles. The van der Waals surface area contributed by atoms with Crippen LogP contribution in [-0.4, -0.2) is 15.1 Å². The Bertz CT molecular complexity index is 337. The van der Waals surface area contributed by atoms with Gasteiger partial charge in [0.2, 0.25) is 5.75 Å². The summed E-state index contributed by atoms with van der Waals surface area (Å²) >= 11 is 0. The summed E-state index contributed by atoms with van der Waals surface area (Å²) < 4.78 is 0. The van der Waals surface area contributed by atoms with Crippen LogP contribution in [0.15, 0.2) is 12.1 Å². The minimum absolute atomic E-state index is 0.0990. The largest absolute Gasteiger partial charge is 0.503 e. The first kappa shape index (κ1) is 8.12. The number of nitrogen functional groups attached to an aromatic ring is 1. The summed E-state index contributed by atoms with van der Waals surface area (Å²) in [5.41, 5.74) is 4.49. The highest BCUT2D eigenvalue weighted by Crippen LogP contribution is 2.38. The highest BCUT2D eigenvalue weighted by atomic mass is 16.6. The van der Waals surface area contributed by atoms with Gasteiger partial charge in [-0.25, -0.2) is 0 Å². The quantitative estimate of drug-likeness (QED) is 0.247. The molecule has 0 bridgehead atoms. The first-order valence-corrected chi connectivity index (χ1v) is 2.99. The standard InChI is InChI=1S/C6H6N2O4/c7-3-1-2-4(8(11)12)6(10)5(3)9/h1-2,9-10H,7H2. The number of nitro benzene ring substituents is 1. The average Bonchev–Trinajstić information content (AvgIpc) is 2.00. The molecule has 0 aliphatic carbocycles. The normalized spacial score (nSPS) is 9.67. The molecule has 0 amide bonds. The molecule has 0 spiro atoms. The van der Waals surface area contributed by atoms with Gasteiger partial charge in [0.25, 0.3) is 0 Å². The van der Waals surface area contributed by atoms with Gasteiger partial charge in [-0.15, -0.1) is 0 Å². The molecule has 0 aliphatic heterocycles. The predicted octanol–water partition coefficient (Wildman–Crippen LogP) is 0.588. The van der Waals surface area contributed by atoms with Crippen molar-refractivity contribution < 1.29 is 15.1 Å². The monoisotopic (exact) mass is 170 g/mol. The third-order valence-electron chi connectivity index (χ3n) is 1.36. The molecule has 0 saturated heterocycles.